The molecule has 0 saturated carbocycles. The van der Waals surface area contributed by atoms with Gasteiger partial charge in [0.05, 0.1) is 12.8 Å². The van der Waals surface area contributed by atoms with Gasteiger partial charge in [0.2, 0.25) is 0 Å². The molecule has 0 saturated heterocycles. The minimum absolute atomic E-state index is 0.0161. The lowest BCUT2D eigenvalue weighted by Gasteiger charge is -2.28. The zero-order valence-corrected chi connectivity index (χ0v) is 13.9. The first kappa shape index (κ1) is 16.6. The van der Waals surface area contributed by atoms with Crippen LogP contribution in [0.4, 0.5) is 11.4 Å². The first-order chi connectivity index (χ1) is 12.1. The first-order valence-corrected chi connectivity index (χ1v) is 7.68. The van der Waals surface area contributed by atoms with E-state index in [1.807, 2.05) is 6.07 Å². The van der Waals surface area contributed by atoms with Gasteiger partial charge < -0.3 is 24.4 Å². The zero-order valence-electron chi connectivity index (χ0n) is 13.9. The number of likely N-dealkylation sites (N-methyl/N-ethyl adjacent to an activating group) is 1. The van der Waals surface area contributed by atoms with Gasteiger partial charge in [0.25, 0.3) is 11.8 Å². The standard InChI is InChI=1S/C18H18N2O5/c1-20-17(22)11-25-15-9-5-6-12(18(15)20)19-16(21)10-24-14-8-4-3-7-13(14)23-2/h3-9H,10-11H2,1-2H3,(H,19,21). The molecule has 1 aliphatic heterocycles. The summed E-state index contributed by atoms with van der Waals surface area (Å²) in [6.45, 7) is -0.208. The topological polar surface area (TPSA) is 77.1 Å². The van der Waals surface area contributed by atoms with Crippen molar-refractivity contribution in [3.8, 4) is 17.2 Å². The highest BCUT2D eigenvalue weighted by atomic mass is 16.5. The minimum atomic E-state index is -0.356. The Morgan fingerprint density at radius 2 is 1.96 bits per heavy atom. The molecule has 0 unspecified atom stereocenters. The number of amides is 2. The molecule has 3 rings (SSSR count). The van der Waals surface area contributed by atoms with Crippen molar-refractivity contribution in [2.45, 2.75) is 0 Å². The van der Waals surface area contributed by atoms with Gasteiger partial charge in [-0.25, -0.2) is 0 Å². The van der Waals surface area contributed by atoms with E-state index in [4.69, 9.17) is 14.2 Å². The van der Waals surface area contributed by atoms with Crippen LogP contribution in [0, 0.1) is 0 Å². The smallest absolute Gasteiger partial charge is 0.264 e. The Hall–Kier alpha value is -3.22. The summed E-state index contributed by atoms with van der Waals surface area (Å²) in [5.74, 6) is 1.03. The number of carbonyl (C=O) groups is 2. The fourth-order valence-electron chi connectivity index (χ4n) is 2.51. The molecule has 2 aromatic rings. The van der Waals surface area contributed by atoms with E-state index >= 15 is 0 Å². The minimum Gasteiger partial charge on any atom is -0.493 e. The maximum absolute atomic E-state index is 12.2. The first-order valence-electron chi connectivity index (χ1n) is 7.68. The molecule has 130 valence electrons. The van der Waals surface area contributed by atoms with E-state index < -0.39 is 0 Å². The highest BCUT2D eigenvalue weighted by Crippen LogP contribution is 2.38. The molecule has 7 nitrogen and oxygen atoms in total. The summed E-state index contributed by atoms with van der Waals surface area (Å²) >= 11 is 0. The van der Waals surface area contributed by atoms with Crippen molar-refractivity contribution in [2.75, 3.05) is 37.6 Å². The number of hydrogen-bond donors (Lipinski definition) is 1. The van der Waals surface area contributed by atoms with Crippen LogP contribution < -0.4 is 24.4 Å². The third-order valence-corrected chi connectivity index (χ3v) is 3.76. The van der Waals surface area contributed by atoms with Crippen molar-refractivity contribution in [1.29, 1.82) is 0 Å². The normalized spacial score (nSPS) is 12.9. The van der Waals surface area contributed by atoms with Gasteiger partial charge in [-0.2, -0.15) is 0 Å². The lowest BCUT2D eigenvalue weighted by atomic mass is 10.2. The number of methoxy groups -OCH3 is 1. The van der Waals surface area contributed by atoms with Gasteiger partial charge in [0, 0.05) is 7.05 Å². The van der Waals surface area contributed by atoms with Gasteiger partial charge in [-0.3, -0.25) is 9.59 Å². The molecule has 1 aliphatic rings. The van der Waals surface area contributed by atoms with Crippen LogP contribution in [0.5, 0.6) is 17.2 Å². The van der Waals surface area contributed by atoms with Gasteiger partial charge in [0.15, 0.2) is 24.7 Å². The fraction of sp³-hybridized carbons (Fsp3) is 0.222. The van der Waals surface area contributed by atoms with E-state index in [0.29, 0.717) is 28.6 Å². The van der Waals surface area contributed by atoms with Crippen molar-refractivity contribution in [3.05, 3.63) is 42.5 Å². The number of ether oxygens (including phenoxy) is 3. The summed E-state index contributed by atoms with van der Waals surface area (Å²) in [6, 6.07) is 12.3. The number of carbonyl (C=O) groups excluding carboxylic acids is 2. The molecule has 2 amide bonds. The van der Waals surface area contributed by atoms with Crippen LogP contribution in [-0.2, 0) is 9.59 Å². The van der Waals surface area contributed by atoms with Crippen molar-refractivity contribution >= 4 is 23.2 Å². The molecule has 25 heavy (non-hydrogen) atoms. The number of nitrogens with one attached hydrogen (secondary N) is 1. The van der Waals surface area contributed by atoms with Crippen molar-refractivity contribution in [3.63, 3.8) is 0 Å². The highest BCUT2D eigenvalue weighted by Gasteiger charge is 2.25. The van der Waals surface area contributed by atoms with E-state index in [1.165, 1.54) is 12.0 Å². The fourth-order valence-corrected chi connectivity index (χ4v) is 2.51. The molecule has 1 heterocycles. The van der Waals surface area contributed by atoms with Crippen LogP contribution in [-0.4, -0.2) is 39.2 Å². The Morgan fingerprint density at radius 1 is 1.20 bits per heavy atom. The Labute approximate surface area is 145 Å². The van der Waals surface area contributed by atoms with E-state index in [9.17, 15) is 9.59 Å². The number of anilines is 2. The molecule has 0 radical (unpaired) electrons. The van der Waals surface area contributed by atoms with E-state index in [0.717, 1.165) is 0 Å². The maximum atomic E-state index is 12.2. The quantitative estimate of drug-likeness (QED) is 0.900. The summed E-state index contributed by atoms with van der Waals surface area (Å²) in [6.07, 6.45) is 0. The third-order valence-electron chi connectivity index (χ3n) is 3.76. The maximum Gasteiger partial charge on any atom is 0.264 e. The molecule has 0 atom stereocenters. The van der Waals surface area contributed by atoms with Crippen LogP contribution >= 0.6 is 0 Å². The Bertz CT molecular complexity index is 806. The average Bonchev–Trinajstić information content (AvgIpc) is 2.63. The molecule has 0 spiro atoms. The summed E-state index contributed by atoms with van der Waals surface area (Å²) in [5, 5.41) is 2.75. The summed E-state index contributed by atoms with van der Waals surface area (Å²) in [4.78, 5) is 25.5. The van der Waals surface area contributed by atoms with Gasteiger partial charge in [0.1, 0.15) is 11.4 Å². The molecule has 0 aliphatic carbocycles. The van der Waals surface area contributed by atoms with E-state index in [-0.39, 0.29) is 25.0 Å². The number of nitrogens with zero attached hydrogens (tertiary/aromatic N) is 1. The molecule has 0 fully saturated rings. The summed E-state index contributed by atoms with van der Waals surface area (Å²) < 4.78 is 16.1. The monoisotopic (exact) mass is 342 g/mol. The predicted molar refractivity (Wildman–Crippen MR) is 92.5 cm³/mol. The number of para-hydroxylation sites is 3. The highest BCUT2D eigenvalue weighted by molar-refractivity contribution is 6.04. The van der Waals surface area contributed by atoms with Crippen molar-refractivity contribution in [1.82, 2.24) is 0 Å². The molecule has 2 aromatic carbocycles. The number of fused-ring (bicyclic) bond motifs is 1. The largest absolute Gasteiger partial charge is 0.493 e. The van der Waals surface area contributed by atoms with Crippen molar-refractivity contribution < 1.29 is 23.8 Å². The Morgan fingerprint density at radius 3 is 2.72 bits per heavy atom. The zero-order chi connectivity index (χ0) is 17.8. The second-order valence-corrected chi connectivity index (χ2v) is 5.38. The molecular weight excluding hydrogens is 324 g/mol. The van der Waals surface area contributed by atoms with Gasteiger partial charge in [-0.1, -0.05) is 18.2 Å². The van der Waals surface area contributed by atoms with Gasteiger partial charge in [-0.05, 0) is 24.3 Å². The van der Waals surface area contributed by atoms with Crippen LogP contribution in [0.25, 0.3) is 0 Å². The lowest BCUT2D eigenvalue weighted by Crippen LogP contribution is -2.36. The van der Waals surface area contributed by atoms with E-state index in [2.05, 4.69) is 5.32 Å². The number of rotatable bonds is 5. The predicted octanol–water partition coefficient (Wildman–Crippen LogP) is 2.07. The molecule has 1 N–H and O–H groups in total. The third kappa shape index (κ3) is 3.50. The van der Waals surface area contributed by atoms with Crippen LogP contribution in [0.1, 0.15) is 0 Å². The second kappa shape index (κ2) is 7.12. The summed E-state index contributed by atoms with van der Waals surface area (Å²) in [7, 11) is 3.18. The molecule has 0 bridgehead atoms. The van der Waals surface area contributed by atoms with Crippen LogP contribution in [0.3, 0.4) is 0 Å². The van der Waals surface area contributed by atoms with Crippen LogP contribution in [0.2, 0.25) is 0 Å². The molecule has 0 aromatic heterocycles. The van der Waals surface area contributed by atoms with E-state index in [1.54, 1.807) is 43.4 Å². The SMILES string of the molecule is COc1ccccc1OCC(=O)Nc1cccc2c1N(C)C(=O)CO2. The van der Waals surface area contributed by atoms with Gasteiger partial charge >= 0.3 is 0 Å². The second-order valence-electron chi connectivity index (χ2n) is 5.38. The Balaban J connectivity index is 1.71. The number of hydrogen-bond acceptors (Lipinski definition) is 5. The van der Waals surface area contributed by atoms with Crippen LogP contribution in [0.15, 0.2) is 42.5 Å². The Kier molecular flexibility index (Phi) is 4.74. The van der Waals surface area contributed by atoms with Gasteiger partial charge in [-0.15, -0.1) is 0 Å². The molecular formula is C18H18N2O5. The number of benzene rings is 2. The lowest BCUT2D eigenvalue weighted by molar-refractivity contribution is -0.121. The summed E-state index contributed by atoms with van der Waals surface area (Å²) in [5.41, 5.74) is 1.02. The van der Waals surface area contributed by atoms with Crippen molar-refractivity contribution in [2.24, 2.45) is 0 Å². The average molecular weight is 342 g/mol. The molecule has 7 heteroatoms.